The van der Waals surface area contributed by atoms with Gasteiger partial charge in [-0.25, -0.2) is 0 Å². The fourth-order valence-electron chi connectivity index (χ4n) is 3.68. The Balaban J connectivity index is 2.07. The quantitative estimate of drug-likeness (QED) is 0.467. The van der Waals surface area contributed by atoms with Crippen LogP contribution in [0.2, 0.25) is 0 Å². The summed E-state index contributed by atoms with van der Waals surface area (Å²) in [6.07, 6.45) is 3.04. The van der Waals surface area contributed by atoms with E-state index in [1.165, 1.54) is 11.1 Å². The normalized spacial score (nSPS) is 24.2. The molecule has 0 aliphatic heterocycles. The zero-order valence-electron chi connectivity index (χ0n) is 15.1. The van der Waals surface area contributed by atoms with Crippen molar-refractivity contribution in [3.05, 3.63) is 21.5 Å². The van der Waals surface area contributed by atoms with Gasteiger partial charge in [-0.3, -0.25) is 19.6 Å². The Morgan fingerprint density at radius 1 is 1.42 bits per heavy atom. The summed E-state index contributed by atoms with van der Waals surface area (Å²) in [5, 5.41) is 15.2. The molecule has 0 bridgehead atoms. The lowest BCUT2D eigenvalue weighted by Gasteiger charge is -2.36. The number of rotatable bonds is 5. The van der Waals surface area contributed by atoms with Crippen LogP contribution in [0.25, 0.3) is 0 Å². The number of hydrogen-bond donors (Lipinski definition) is 0. The maximum absolute atomic E-state index is 12.3. The molecular weight excluding hydrogens is 310 g/mol. The van der Waals surface area contributed by atoms with E-state index in [4.69, 9.17) is 4.74 Å². The van der Waals surface area contributed by atoms with Gasteiger partial charge < -0.3 is 4.74 Å². The minimum atomic E-state index is -0.461. The summed E-state index contributed by atoms with van der Waals surface area (Å²) in [7, 11) is 0. The van der Waals surface area contributed by atoms with E-state index in [2.05, 4.69) is 25.9 Å². The van der Waals surface area contributed by atoms with E-state index in [9.17, 15) is 14.9 Å². The fraction of sp³-hybridized carbons (Fsp3) is 0.765. The molecule has 7 heteroatoms. The SMILES string of the molecule is Cc1nn(CC(=O)OC2CC(C)CCC2C(C)C)c(C)c1[N+](=O)[O-]. The van der Waals surface area contributed by atoms with Gasteiger partial charge in [-0.05, 0) is 44.4 Å². The largest absolute Gasteiger partial charge is 0.461 e. The van der Waals surface area contributed by atoms with Crippen LogP contribution in [0.5, 0.6) is 0 Å². The predicted octanol–water partition coefficient (Wildman–Crippen LogP) is 3.41. The highest BCUT2D eigenvalue weighted by Gasteiger charge is 2.33. The van der Waals surface area contributed by atoms with Gasteiger partial charge in [0, 0.05) is 0 Å². The van der Waals surface area contributed by atoms with Crippen LogP contribution in [0.1, 0.15) is 51.4 Å². The zero-order chi connectivity index (χ0) is 18.0. The van der Waals surface area contributed by atoms with Crippen molar-refractivity contribution < 1.29 is 14.5 Å². The number of nitrogens with zero attached hydrogens (tertiary/aromatic N) is 3. The van der Waals surface area contributed by atoms with E-state index in [1.807, 2.05) is 0 Å². The molecule has 1 heterocycles. The molecule has 3 unspecified atom stereocenters. The first kappa shape index (κ1) is 18.4. The van der Waals surface area contributed by atoms with Crippen LogP contribution in [-0.4, -0.2) is 26.8 Å². The number of hydrogen-bond acceptors (Lipinski definition) is 5. The first-order chi connectivity index (χ1) is 11.2. The summed E-state index contributed by atoms with van der Waals surface area (Å²) in [5.41, 5.74) is 0.665. The molecule has 1 saturated carbocycles. The Kier molecular flexibility index (Phi) is 5.62. The van der Waals surface area contributed by atoms with Gasteiger partial charge >= 0.3 is 11.7 Å². The first-order valence-electron chi connectivity index (χ1n) is 8.58. The van der Waals surface area contributed by atoms with E-state index in [-0.39, 0.29) is 24.3 Å². The van der Waals surface area contributed by atoms with Gasteiger partial charge in [0.15, 0.2) is 0 Å². The second kappa shape index (κ2) is 7.32. The molecule has 0 aromatic carbocycles. The summed E-state index contributed by atoms with van der Waals surface area (Å²) >= 11 is 0. The highest BCUT2D eigenvalue weighted by Crippen LogP contribution is 2.35. The summed E-state index contributed by atoms with van der Waals surface area (Å²) in [6.45, 7) is 9.59. The fourth-order valence-corrected chi connectivity index (χ4v) is 3.68. The number of carbonyl (C=O) groups is 1. The second-order valence-corrected chi connectivity index (χ2v) is 7.29. The van der Waals surface area contributed by atoms with Gasteiger partial charge in [0.05, 0.1) is 4.92 Å². The highest BCUT2D eigenvalue weighted by molar-refractivity contribution is 5.69. The summed E-state index contributed by atoms with van der Waals surface area (Å²) < 4.78 is 7.10. The van der Waals surface area contributed by atoms with Crippen molar-refractivity contribution in [2.45, 2.75) is 66.5 Å². The van der Waals surface area contributed by atoms with Gasteiger partial charge in [0.25, 0.3) is 0 Å². The third-order valence-electron chi connectivity index (χ3n) is 5.05. The lowest BCUT2D eigenvalue weighted by atomic mass is 9.75. The van der Waals surface area contributed by atoms with Crippen molar-refractivity contribution in [3.63, 3.8) is 0 Å². The lowest BCUT2D eigenvalue weighted by Crippen LogP contribution is -2.36. The smallest absolute Gasteiger partial charge is 0.328 e. The summed E-state index contributed by atoms with van der Waals surface area (Å²) in [5.74, 6) is 1.01. The van der Waals surface area contributed by atoms with Gasteiger partial charge in [0.1, 0.15) is 24.0 Å². The van der Waals surface area contributed by atoms with E-state index >= 15 is 0 Å². The Hall–Kier alpha value is -1.92. The minimum absolute atomic E-state index is 0.0332. The molecule has 1 aliphatic carbocycles. The Morgan fingerprint density at radius 3 is 2.62 bits per heavy atom. The maximum atomic E-state index is 12.3. The summed E-state index contributed by atoms with van der Waals surface area (Å²) in [6, 6.07) is 0. The van der Waals surface area contributed by atoms with E-state index < -0.39 is 4.92 Å². The van der Waals surface area contributed by atoms with Crippen LogP contribution in [0.4, 0.5) is 5.69 Å². The number of aromatic nitrogens is 2. The van der Waals surface area contributed by atoms with Crippen molar-refractivity contribution in [2.75, 3.05) is 0 Å². The van der Waals surface area contributed by atoms with Gasteiger partial charge in [-0.15, -0.1) is 0 Å². The van der Waals surface area contributed by atoms with Crippen molar-refractivity contribution in [2.24, 2.45) is 17.8 Å². The van der Waals surface area contributed by atoms with E-state index in [1.54, 1.807) is 13.8 Å². The number of ether oxygens (including phenoxy) is 1. The monoisotopic (exact) mass is 337 g/mol. The Labute approximate surface area is 142 Å². The number of esters is 1. The topological polar surface area (TPSA) is 87.3 Å². The van der Waals surface area contributed by atoms with E-state index in [0.29, 0.717) is 29.1 Å². The van der Waals surface area contributed by atoms with Gasteiger partial charge in [-0.1, -0.05) is 27.2 Å². The molecule has 7 nitrogen and oxygen atoms in total. The number of nitro groups is 1. The zero-order valence-corrected chi connectivity index (χ0v) is 15.1. The predicted molar refractivity (Wildman–Crippen MR) is 89.6 cm³/mol. The third-order valence-corrected chi connectivity index (χ3v) is 5.05. The number of carbonyl (C=O) groups excluding carboxylic acids is 1. The summed E-state index contributed by atoms with van der Waals surface area (Å²) in [4.78, 5) is 22.9. The first-order valence-corrected chi connectivity index (χ1v) is 8.58. The molecule has 0 saturated heterocycles. The minimum Gasteiger partial charge on any atom is -0.461 e. The van der Waals surface area contributed by atoms with Crippen LogP contribution in [-0.2, 0) is 16.1 Å². The third kappa shape index (κ3) is 3.94. The van der Waals surface area contributed by atoms with Crippen LogP contribution in [0.15, 0.2) is 0 Å². The van der Waals surface area contributed by atoms with Crippen molar-refractivity contribution in [1.29, 1.82) is 0 Å². The van der Waals surface area contributed by atoms with Crippen LogP contribution < -0.4 is 0 Å². The van der Waals surface area contributed by atoms with Crippen LogP contribution in [0, 0.1) is 41.7 Å². The van der Waals surface area contributed by atoms with Crippen molar-refractivity contribution in [1.82, 2.24) is 9.78 Å². The van der Waals surface area contributed by atoms with Crippen molar-refractivity contribution in [3.8, 4) is 0 Å². The molecule has 3 atom stereocenters. The van der Waals surface area contributed by atoms with Gasteiger partial charge in [-0.2, -0.15) is 5.10 Å². The maximum Gasteiger partial charge on any atom is 0.328 e. The average Bonchev–Trinajstić information content (AvgIpc) is 2.72. The molecule has 1 aromatic heterocycles. The van der Waals surface area contributed by atoms with Gasteiger partial charge in [0.2, 0.25) is 0 Å². The molecule has 0 spiro atoms. The Morgan fingerprint density at radius 2 is 2.08 bits per heavy atom. The van der Waals surface area contributed by atoms with Crippen molar-refractivity contribution >= 4 is 11.7 Å². The molecule has 24 heavy (non-hydrogen) atoms. The van der Waals surface area contributed by atoms with Crippen LogP contribution >= 0.6 is 0 Å². The molecule has 1 fully saturated rings. The molecule has 0 radical (unpaired) electrons. The molecule has 1 aromatic rings. The molecule has 134 valence electrons. The molecule has 1 aliphatic rings. The molecule has 0 amide bonds. The van der Waals surface area contributed by atoms with Crippen LogP contribution in [0.3, 0.4) is 0 Å². The average molecular weight is 337 g/mol. The molecular formula is C17H27N3O4. The van der Waals surface area contributed by atoms with E-state index in [0.717, 1.165) is 12.8 Å². The lowest BCUT2D eigenvalue weighted by molar-refractivity contribution is -0.386. The second-order valence-electron chi connectivity index (χ2n) is 7.29. The number of aryl methyl sites for hydroxylation is 1. The Bertz CT molecular complexity index is 624. The molecule has 2 rings (SSSR count). The highest BCUT2D eigenvalue weighted by atomic mass is 16.6. The standard InChI is InChI=1S/C17H27N3O4/c1-10(2)14-7-6-11(3)8-15(14)24-16(21)9-19-13(5)17(20(22)23)12(4)18-19/h10-11,14-15H,6-9H2,1-5H3. The molecule has 0 N–H and O–H groups in total.